The molecule has 140 valence electrons. The highest BCUT2D eigenvalue weighted by Gasteiger charge is 2.29. The van der Waals surface area contributed by atoms with Gasteiger partial charge in [-0.05, 0) is 83.5 Å². The maximum absolute atomic E-state index is 9.65. The first-order valence-electron chi connectivity index (χ1n) is 8.84. The summed E-state index contributed by atoms with van der Waals surface area (Å²) >= 11 is 2.26. The lowest BCUT2D eigenvalue weighted by Crippen LogP contribution is -2.03. The van der Waals surface area contributed by atoms with E-state index in [1.807, 2.05) is 56.3 Å². The number of hydrogen-bond donors (Lipinski definition) is 1. The van der Waals surface area contributed by atoms with Gasteiger partial charge in [0, 0.05) is 14.7 Å². The predicted octanol–water partition coefficient (Wildman–Crippen LogP) is 5.56. The van der Waals surface area contributed by atoms with Crippen molar-refractivity contribution >= 4 is 45.6 Å². The minimum Gasteiger partial charge on any atom is -0.457 e. The second kappa shape index (κ2) is 7.23. The maximum atomic E-state index is 9.65. The zero-order valence-electron chi connectivity index (χ0n) is 15.7. The number of aromatic nitrogens is 1. The van der Waals surface area contributed by atoms with Gasteiger partial charge in [0.1, 0.15) is 29.5 Å². The van der Waals surface area contributed by atoms with E-state index in [1.165, 1.54) is 0 Å². The first-order valence-corrected chi connectivity index (χ1v) is 9.92. The number of nitrogen functional groups attached to an aromatic ring is 1. The van der Waals surface area contributed by atoms with Gasteiger partial charge in [0.25, 0.3) is 0 Å². The Hall–Kier alpha value is -3.36. The number of anilines is 1. The Balaban J connectivity index is 1.86. The van der Waals surface area contributed by atoms with Crippen molar-refractivity contribution in [2.45, 2.75) is 13.8 Å². The van der Waals surface area contributed by atoms with Crippen LogP contribution in [0.4, 0.5) is 5.82 Å². The second-order valence-corrected chi connectivity index (χ2v) is 7.96. The third-order valence-corrected chi connectivity index (χ3v) is 5.75. The maximum Gasteiger partial charge on any atom is 0.142 e. The number of nitrogens with two attached hydrogens (primary N) is 1. The molecule has 2 aromatic heterocycles. The number of halogens is 1. The number of nitrogens with zero attached hydrogens (tertiary/aromatic N) is 3. The summed E-state index contributed by atoms with van der Waals surface area (Å²) < 4.78 is 7.19. The van der Waals surface area contributed by atoms with Gasteiger partial charge in [0.15, 0.2) is 0 Å². The van der Waals surface area contributed by atoms with E-state index in [0.717, 1.165) is 37.2 Å². The summed E-state index contributed by atoms with van der Waals surface area (Å²) in [6, 6.07) is 16.2. The highest BCUT2D eigenvalue weighted by Crippen LogP contribution is 2.44. The summed E-state index contributed by atoms with van der Waals surface area (Å²) in [7, 11) is 0. The van der Waals surface area contributed by atoms with Crippen LogP contribution in [0.25, 0.3) is 28.5 Å². The van der Waals surface area contributed by atoms with Crippen molar-refractivity contribution in [3.05, 3.63) is 73.7 Å². The quantitative estimate of drug-likeness (QED) is 0.475. The normalized spacial score (nSPS) is 14.0. The van der Waals surface area contributed by atoms with Crippen LogP contribution in [0.5, 0.6) is 0 Å². The van der Waals surface area contributed by atoms with Gasteiger partial charge in [-0.2, -0.15) is 10.5 Å². The first kappa shape index (κ1) is 19.0. The van der Waals surface area contributed by atoms with Crippen LogP contribution in [0.3, 0.4) is 0 Å². The molecule has 0 bridgehead atoms. The van der Waals surface area contributed by atoms with E-state index in [0.29, 0.717) is 22.6 Å². The van der Waals surface area contributed by atoms with Gasteiger partial charge in [0.2, 0.25) is 0 Å². The zero-order chi connectivity index (χ0) is 20.7. The average Bonchev–Trinajstić information content (AvgIpc) is 3.26. The van der Waals surface area contributed by atoms with Gasteiger partial charge in [0.05, 0.1) is 16.8 Å². The number of benzene rings is 1. The molecule has 2 heterocycles. The molecular weight excluding hydrogens is 475 g/mol. The Morgan fingerprint density at radius 1 is 1.07 bits per heavy atom. The Kier molecular flexibility index (Phi) is 4.73. The topological polar surface area (TPSA) is 99.6 Å². The molecular formula is C23H15IN4O. The monoisotopic (exact) mass is 490 g/mol. The highest BCUT2D eigenvalue weighted by molar-refractivity contribution is 14.1. The van der Waals surface area contributed by atoms with E-state index in [9.17, 15) is 10.5 Å². The molecule has 0 radical (unpaired) electrons. The molecule has 0 fully saturated rings. The largest absolute Gasteiger partial charge is 0.457 e. The number of nitriles is 2. The zero-order valence-corrected chi connectivity index (χ0v) is 17.9. The molecule has 3 aromatic rings. The SMILES string of the molecule is CC1=C(C#N)c2nc(N)c(C#N)c(C)c2/C1=C\c1ccc(-c2ccc(I)cc2)o1. The Labute approximate surface area is 181 Å². The number of allylic oxidation sites excluding steroid dienone is 3. The number of furan rings is 1. The van der Waals surface area contributed by atoms with Gasteiger partial charge < -0.3 is 10.2 Å². The van der Waals surface area contributed by atoms with E-state index in [4.69, 9.17) is 10.2 Å². The van der Waals surface area contributed by atoms with Gasteiger partial charge >= 0.3 is 0 Å². The smallest absolute Gasteiger partial charge is 0.142 e. The van der Waals surface area contributed by atoms with Gasteiger partial charge in [-0.3, -0.25) is 0 Å². The molecule has 5 nitrogen and oxygen atoms in total. The molecule has 0 atom stereocenters. The van der Waals surface area contributed by atoms with Gasteiger partial charge in [-0.1, -0.05) is 12.1 Å². The molecule has 1 aromatic carbocycles. The minimum absolute atomic E-state index is 0.143. The summed E-state index contributed by atoms with van der Waals surface area (Å²) in [4.78, 5) is 4.34. The molecule has 0 unspecified atom stereocenters. The van der Waals surface area contributed by atoms with Crippen LogP contribution in [0.2, 0.25) is 0 Å². The van der Waals surface area contributed by atoms with E-state index in [2.05, 4.69) is 39.7 Å². The van der Waals surface area contributed by atoms with Gasteiger partial charge in [-0.15, -0.1) is 0 Å². The summed E-state index contributed by atoms with van der Waals surface area (Å²) in [5.41, 5.74) is 11.3. The molecule has 1 aliphatic rings. The van der Waals surface area contributed by atoms with E-state index in [-0.39, 0.29) is 5.82 Å². The van der Waals surface area contributed by atoms with Crippen LogP contribution in [0.1, 0.15) is 35.1 Å². The lowest BCUT2D eigenvalue weighted by Gasteiger charge is -2.10. The first-order chi connectivity index (χ1) is 13.9. The summed E-state index contributed by atoms with van der Waals surface area (Å²) in [6.07, 6.45) is 1.89. The van der Waals surface area contributed by atoms with Crippen molar-refractivity contribution in [1.82, 2.24) is 4.98 Å². The number of pyridine rings is 1. The second-order valence-electron chi connectivity index (χ2n) is 6.71. The molecule has 0 spiro atoms. The Morgan fingerprint density at radius 2 is 1.79 bits per heavy atom. The lowest BCUT2D eigenvalue weighted by atomic mass is 9.96. The summed E-state index contributed by atoms with van der Waals surface area (Å²) in [6.45, 7) is 3.70. The van der Waals surface area contributed by atoms with Crippen LogP contribution < -0.4 is 5.73 Å². The number of rotatable bonds is 2. The van der Waals surface area contributed by atoms with E-state index < -0.39 is 0 Å². The Morgan fingerprint density at radius 3 is 2.45 bits per heavy atom. The summed E-state index contributed by atoms with van der Waals surface area (Å²) in [5.74, 6) is 1.57. The van der Waals surface area contributed by atoms with Crippen molar-refractivity contribution in [3.8, 4) is 23.5 Å². The molecule has 29 heavy (non-hydrogen) atoms. The molecule has 0 aliphatic heterocycles. The minimum atomic E-state index is 0.143. The molecule has 0 saturated heterocycles. The molecule has 0 amide bonds. The van der Waals surface area contributed by atoms with Crippen molar-refractivity contribution in [1.29, 1.82) is 10.5 Å². The van der Waals surface area contributed by atoms with Crippen molar-refractivity contribution in [2.75, 3.05) is 5.73 Å². The molecule has 4 rings (SSSR count). The van der Waals surface area contributed by atoms with Crippen LogP contribution in [0.15, 0.2) is 46.4 Å². The standard InChI is InChI=1S/C23H15IN4O/c1-12-17(9-16-7-8-20(29-16)14-3-5-15(24)6-4-14)21-13(2)19(11-26)23(27)28-22(21)18(12)10-25/h3-9H,1-2H3,(H2,27,28)/b17-9-. The highest BCUT2D eigenvalue weighted by atomic mass is 127. The van der Waals surface area contributed by atoms with Crippen molar-refractivity contribution in [2.24, 2.45) is 0 Å². The molecule has 1 aliphatic carbocycles. The Bertz CT molecular complexity index is 1300. The van der Waals surface area contributed by atoms with E-state index >= 15 is 0 Å². The lowest BCUT2D eigenvalue weighted by molar-refractivity contribution is 0.572. The van der Waals surface area contributed by atoms with E-state index in [1.54, 1.807) is 0 Å². The molecule has 6 heteroatoms. The van der Waals surface area contributed by atoms with Crippen LogP contribution >= 0.6 is 22.6 Å². The third-order valence-electron chi connectivity index (χ3n) is 5.03. The third kappa shape index (κ3) is 3.12. The predicted molar refractivity (Wildman–Crippen MR) is 121 cm³/mol. The van der Waals surface area contributed by atoms with Gasteiger partial charge in [-0.25, -0.2) is 4.98 Å². The average molecular weight is 490 g/mol. The fourth-order valence-electron chi connectivity index (χ4n) is 3.54. The number of fused-ring (bicyclic) bond motifs is 1. The van der Waals surface area contributed by atoms with Crippen LogP contribution in [0, 0.1) is 33.2 Å². The van der Waals surface area contributed by atoms with Crippen LogP contribution in [-0.2, 0) is 0 Å². The molecule has 2 N–H and O–H groups in total. The summed E-state index contributed by atoms with van der Waals surface area (Å²) in [5, 5.41) is 19.1. The fourth-order valence-corrected chi connectivity index (χ4v) is 3.90. The molecule has 0 saturated carbocycles. The van der Waals surface area contributed by atoms with Crippen molar-refractivity contribution in [3.63, 3.8) is 0 Å². The number of hydrogen-bond acceptors (Lipinski definition) is 5. The van der Waals surface area contributed by atoms with Crippen molar-refractivity contribution < 1.29 is 4.42 Å². The van der Waals surface area contributed by atoms with Crippen LogP contribution in [-0.4, -0.2) is 4.98 Å². The fraction of sp³-hybridized carbons (Fsp3) is 0.0870.